The lowest BCUT2D eigenvalue weighted by molar-refractivity contribution is 1.57. The highest BCUT2D eigenvalue weighted by molar-refractivity contribution is 6.09. The van der Waals surface area contributed by atoms with Crippen molar-refractivity contribution in [2.45, 2.75) is 13.8 Å². The zero-order valence-corrected chi connectivity index (χ0v) is 10.8. The summed E-state index contributed by atoms with van der Waals surface area (Å²) in [6, 6.07) is 17.3. The molecule has 0 aliphatic heterocycles. The first-order valence-corrected chi connectivity index (χ1v) is 6.35. The fraction of sp³-hybridized carbons (Fsp3) is 0.111. The van der Waals surface area contributed by atoms with Crippen LogP contribution >= 0.6 is 0 Å². The van der Waals surface area contributed by atoms with Crippen LogP contribution in [0, 0.1) is 6.92 Å². The summed E-state index contributed by atoms with van der Waals surface area (Å²) in [5.74, 6) is 0. The van der Waals surface area contributed by atoms with E-state index >= 15 is 0 Å². The van der Waals surface area contributed by atoms with E-state index in [0.29, 0.717) is 0 Å². The second kappa shape index (κ2) is 4.30. The van der Waals surface area contributed by atoms with Crippen molar-refractivity contribution in [2.24, 2.45) is 0 Å². The first kappa shape index (κ1) is 11.0. The Bertz CT molecular complexity index is 691. The fourth-order valence-electron chi connectivity index (χ4n) is 2.73. The van der Waals surface area contributed by atoms with Crippen molar-refractivity contribution in [1.29, 1.82) is 0 Å². The Morgan fingerprint density at radius 2 is 1.17 bits per heavy atom. The maximum absolute atomic E-state index is 2.21. The number of benzene rings is 3. The molecule has 0 nitrogen and oxygen atoms in total. The second-order valence-corrected chi connectivity index (χ2v) is 4.63. The first-order chi connectivity index (χ1) is 8.83. The molecule has 18 heavy (non-hydrogen) atoms. The van der Waals surface area contributed by atoms with Crippen LogP contribution in [0.4, 0.5) is 0 Å². The van der Waals surface area contributed by atoms with Gasteiger partial charge in [0.1, 0.15) is 0 Å². The normalized spacial score (nSPS) is 11.7. The average Bonchev–Trinajstić information content (AvgIpc) is 2.43. The van der Waals surface area contributed by atoms with Crippen molar-refractivity contribution in [2.75, 3.05) is 0 Å². The summed E-state index contributed by atoms with van der Waals surface area (Å²) < 4.78 is 0. The summed E-state index contributed by atoms with van der Waals surface area (Å²) in [6.45, 7) is 4.29. The van der Waals surface area contributed by atoms with E-state index in [1.165, 1.54) is 32.7 Å². The van der Waals surface area contributed by atoms with Gasteiger partial charge in [-0.25, -0.2) is 0 Å². The molecule has 0 aliphatic rings. The minimum atomic E-state index is 1.33. The van der Waals surface area contributed by atoms with Crippen LogP contribution in [0.25, 0.3) is 27.6 Å². The number of allylic oxidation sites excluding steroid dienone is 1. The van der Waals surface area contributed by atoms with Gasteiger partial charge in [-0.15, -0.1) is 0 Å². The van der Waals surface area contributed by atoms with E-state index in [4.69, 9.17) is 0 Å². The van der Waals surface area contributed by atoms with Crippen molar-refractivity contribution in [1.82, 2.24) is 0 Å². The summed E-state index contributed by atoms with van der Waals surface area (Å²) in [5, 5.41) is 5.38. The predicted octanol–water partition coefficient (Wildman–Crippen LogP) is 5.33. The molecule has 0 N–H and O–H groups in total. The Morgan fingerprint density at radius 1 is 0.722 bits per heavy atom. The van der Waals surface area contributed by atoms with Crippen LogP contribution in [0.5, 0.6) is 0 Å². The Hall–Kier alpha value is -2.08. The highest BCUT2D eigenvalue weighted by atomic mass is 14.1. The number of hydrogen-bond donors (Lipinski definition) is 0. The summed E-state index contributed by atoms with van der Waals surface area (Å²) >= 11 is 0. The van der Waals surface area contributed by atoms with Gasteiger partial charge in [-0.05, 0) is 46.5 Å². The zero-order chi connectivity index (χ0) is 12.5. The average molecular weight is 232 g/mol. The molecule has 0 amide bonds. The third-order valence-electron chi connectivity index (χ3n) is 3.58. The van der Waals surface area contributed by atoms with Crippen LogP contribution in [-0.4, -0.2) is 0 Å². The van der Waals surface area contributed by atoms with Crippen molar-refractivity contribution in [3.05, 3.63) is 65.7 Å². The number of hydrogen-bond acceptors (Lipinski definition) is 0. The van der Waals surface area contributed by atoms with Crippen LogP contribution in [-0.2, 0) is 0 Å². The lowest BCUT2D eigenvalue weighted by atomic mass is 9.92. The molecule has 0 aromatic heterocycles. The predicted molar refractivity (Wildman–Crippen MR) is 80.9 cm³/mol. The van der Waals surface area contributed by atoms with Crippen molar-refractivity contribution >= 4 is 27.6 Å². The molecule has 0 fully saturated rings. The van der Waals surface area contributed by atoms with Gasteiger partial charge >= 0.3 is 0 Å². The standard InChI is InChI=1S/C18H16/c1-3-8-16-17-11-6-4-9-14(17)13(2)15-10-5-7-12-18(15)16/h3-12H,1-2H3. The van der Waals surface area contributed by atoms with Gasteiger partial charge < -0.3 is 0 Å². The Kier molecular flexibility index (Phi) is 2.64. The van der Waals surface area contributed by atoms with Crippen LogP contribution in [0.15, 0.2) is 54.6 Å². The lowest BCUT2D eigenvalue weighted by Crippen LogP contribution is -1.87. The second-order valence-electron chi connectivity index (χ2n) is 4.63. The highest BCUT2D eigenvalue weighted by Gasteiger charge is 2.08. The molecule has 0 saturated carbocycles. The molecule has 0 unspecified atom stereocenters. The van der Waals surface area contributed by atoms with Gasteiger partial charge in [-0.1, -0.05) is 60.7 Å². The smallest absolute Gasteiger partial charge is 0.0102 e. The topological polar surface area (TPSA) is 0 Å². The lowest BCUT2D eigenvalue weighted by Gasteiger charge is -2.12. The van der Waals surface area contributed by atoms with Gasteiger partial charge in [0, 0.05) is 0 Å². The maximum atomic E-state index is 2.21. The van der Waals surface area contributed by atoms with Gasteiger partial charge in [0.2, 0.25) is 0 Å². The van der Waals surface area contributed by atoms with E-state index in [0.717, 1.165) is 0 Å². The highest BCUT2D eigenvalue weighted by Crippen LogP contribution is 2.32. The molecule has 0 bridgehead atoms. The molecule has 0 atom stereocenters. The molecule has 3 aromatic rings. The quantitative estimate of drug-likeness (QED) is 0.497. The van der Waals surface area contributed by atoms with Crippen LogP contribution < -0.4 is 0 Å². The molecule has 3 aromatic carbocycles. The van der Waals surface area contributed by atoms with Crippen LogP contribution in [0.2, 0.25) is 0 Å². The molecule has 0 heteroatoms. The van der Waals surface area contributed by atoms with Crippen molar-refractivity contribution < 1.29 is 0 Å². The van der Waals surface area contributed by atoms with E-state index in [-0.39, 0.29) is 0 Å². The minimum Gasteiger partial charge on any atom is -0.0870 e. The third kappa shape index (κ3) is 1.53. The zero-order valence-electron chi connectivity index (χ0n) is 10.8. The fourth-order valence-corrected chi connectivity index (χ4v) is 2.73. The van der Waals surface area contributed by atoms with Gasteiger partial charge in [0.25, 0.3) is 0 Å². The van der Waals surface area contributed by atoms with Gasteiger partial charge in [0.15, 0.2) is 0 Å². The molecule has 0 saturated heterocycles. The molecule has 0 heterocycles. The molecule has 3 rings (SSSR count). The number of aryl methyl sites for hydroxylation is 1. The van der Waals surface area contributed by atoms with E-state index in [1.807, 2.05) is 0 Å². The summed E-state index contributed by atoms with van der Waals surface area (Å²) in [7, 11) is 0. The molecular formula is C18H16. The van der Waals surface area contributed by atoms with Gasteiger partial charge in [-0.2, -0.15) is 0 Å². The first-order valence-electron chi connectivity index (χ1n) is 6.35. The minimum absolute atomic E-state index is 1.33. The van der Waals surface area contributed by atoms with Crippen LogP contribution in [0.3, 0.4) is 0 Å². The Labute approximate surface area is 108 Å². The third-order valence-corrected chi connectivity index (χ3v) is 3.58. The van der Waals surface area contributed by atoms with Crippen molar-refractivity contribution in [3.8, 4) is 0 Å². The van der Waals surface area contributed by atoms with Gasteiger partial charge in [0.05, 0.1) is 0 Å². The monoisotopic (exact) mass is 232 g/mol. The van der Waals surface area contributed by atoms with E-state index in [1.54, 1.807) is 0 Å². The summed E-state index contributed by atoms with van der Waals surface area (Å²) in [6.07, 6.45) is 4.33. The maximum Gasteiger partial charge on any atom is -0.0102 e. The summed E-state index contributed by atoms with van der Waals surface area (Å²) in [5.41, 5.74) is 2.70. The molecule has 0 aliphatic carbocycles. The van der Waals surface area contributed by atoms with Gasteiger partial charge in [-0.3, -0.25) is 0 Å². The SMILES string of the molecule is CC=Cc1c2ccccc2c(C)c2ccccc12. The molecular weight excluding hydrogens is 216 g/mol. The van der Waals surface area contributed by atoms with Crippen molar-refractivity contribution in [3.63, 3.8) is 0 Å². The van der Waals surface area contributed by atoms with E-state index in [9.17, 15) is 0 Å². The molecule has 0 radical (unpaired) electrons. The number of fused-ring (bicyclic) bond motifs is 2. The largest absolute Gasteiger partial charge is 0.0870 e. The summed E-state index contributed by atoms with van der Waals surface area (Å²) in [4.78, 5) is 0. The van der Waals surface area contributed by atoms with E-state index < -0.39 is 0 Å². The molecule has 88 valence electrons. The Morgan fingerprint density at radius 3 is 1.61 bits per heavy atom. The molecule has 0 spiro atoms. The van der Waals surface area contributed by atoms with E-state index in [2.05, 4.69) is 74.5 Å². The van der Waals surface area contributed by atoms with Crippen LogP contribution in [0.1, 0.15) is 18.1 Å². The number of rotatable bonds is 1. The Balaban J connectivity index is 2.62.